The third kappa shape index (κ3) is 1.38. The number of halogens is 1. The number of H-pyrrole nitrogens is 1. The predicted molar refractivity (Wildman–Crippen MR) is 53.6 cm³/mol. The molecule has 72 valence electrons. The molecule has 2 rings (SSSR count). The van der Waals surface area contributed by atoms with E-state index in [9.17, 15) is 4.79 Å². The molecule has 0 saturated carbocycles. The molecular formula is C8H7ClN4O. The second-order valence-electron chi connectivity index (χ2n) is 2.74. The van der Waals surface area contributed by atoms with E-state index in [1.54, 1.807) is 18.2 Å². The number of nitrogens with zero attached hydrogens (tertiary/aromatic N) is 2. The van der Waals surface area contributed by atoms with Crippen molar-refractivity contribution in [3.05, 3.63) is 40.0 Å². The van der Waals surface area contributed by atoms with E-state index in [1.807, 2.05) is 0 Å². The number of aromatic nitrogens is 3. The molecule has 0 spiro atoms. The lowest BCUT2D eigenvalue weighted by atomic mass is 10.3. The Morgan fingerprint density at radius 1 is 1.50 bits per heavy atom. The molecule has 0 atom stereocenters. The third-order valence-electron chi connectivity index (χ3n) is 1.78. The quantitative estimate of drug-likeness (QED) is 0.684. The molecule has 6 heteroatoms. The Hall–Kier alpha value is -1.75. The van der Waals surface area contributed by atoms with Gasteiger partial charge in [0.25, 0.3) is 0 Å². The number of benzene rings is 1. The topological polar surface area (TPSA) is 76.7 Å². The van der Waals surface area contributed by atoms with Crippen LogP contribution in [0.25, 0.3) is 5.69 Å². The van der Waals surface area contributed by atoms with Gasteiger partial charge in [0.2, 0.25) is 0 Å². The van der Waals surface area contributed by atoms with Gasteiger partial charge in [0.15, 0.2) is 0 Å². The van der Waals surface area contributed by atoms with Crippen molar-refractivity contribution < 1.29 is 0 Å². The Labute approximate surface area is 84.1 Å². The molecule has 0 fully saturated rings. The van der Waals surface area contributed by atoms with E-state index in [2.05, 4.69) is 10.2 Å². The summed E-state index contributed by atoms with van der Waals surface area (Å²) in [4.78, 5) is 11.2. The maximum Gasteiger partial charge on any atom is 0.347 e. The number of aromatic amines is 1. The second kappa shape index (κ2) is 3.19. The van der Waals surface area contributed by atoms with E-state index >= 15 is 0 Å². The summed E-state index contributed by atoms with van der Waals surface area (Å²) in [5.74, 6) is 0. The summed E-state index contributed by atoms with van der Waals surface area (Å²) >= 11 is 5.91. The molecule has 1 heterocycles. The molecule has 0 bridgehead atoms. The Kier molecular flexibility index (Phi) is 2.01. The lowest BCUT2D eigenvalue weighted by molar-refractivity contribution is 0.983. The van der Waals surface area contributed by atoms with Crippen molar-refractivity contribution in [2.45, 2.75) is 0 Å². The van der Waals surface area contributed by atoms with Crippen LogP contribution < -0.4 is 11.4 Å². The first-order chi connectivity index (χ1) is 6.68. The lowest BCUT2D eigenvalue weighted by Gasteiger charge is -2.03. The highest BCUT2D eigenvalue weighted by molar-refractivity contribution is 6.32. The summed E-state index contributed by atoms with van der Waals surface area (Å²) in [7, 11) is 0. The minimum Gasteiger partial charge on any atom is -0.399 e. The molecule has 0 unspecified atom stereocenters. The first-order valence-corrected chi connectivity index (χ1v) is 4.23. The summed E-state index contributed by atoms with van der Waals surface area (Å²) in [6.45, 7) is 0. The highest BCUT2D eigenvalue weighted by Crippen LogP contribution is 2.21. The van der Waals surface area contributed by atoms with E-state index in [4.69, 9.17) is 17.3 Å². The fourth-order valence-corrected chi connectivity index (χ4v) is 1.42. The smallest absolute Gasteiger partial charge is 0.347 e. The van der Waals surface area contributed by atoms with Gasteiger partial charge >= 0.3 is 5.69 Å². The second-order valence-corrected chi connectivity index (χ2v) is 3.15. The van der Waals surface area contributed by atoms with Crippen molar-refractivity contribution in [1.82, 2.24) is 14.8 Å². The van der Waals surface area contributed by atoms with Gasteiger partial charge in [0, 0.05) is 5.69 Å². The number of rotatable bonds is 1. The molecule has 3 N–H and O–H groups in total. The monoisotopic (exact) mass is 210 g/mol. The maximum absolute atomic E-state index is 11.2. The fourth-order valence-electron chi connectivity index (χ4n) is 1.14. The van der Waals surface area contributed by atoms with Crippen LogP contribution in [0, 0.1) is 0 Å². The first kappa shape index (κ1) is 8.83. The van der Waals surface area contributed by atoms with E-state index < -0.39 is 0 Å². The van der Waals surface area contributed by atoms with E-state index in [0.717, 1.165) is 0 Å². The minimum atomic E-state index is -0.336. The summed E-state index contributed by atoms with van der Waals surface area (Å²) in [6.07, 6.45) is 1.36. The van der Waals surface area contributed by atoms with Gasteiger partial charge in [-0.3, -0.25) is 0 Å². The molecule has 0 aliphatic rings. The summed E-state index contributed by atoms with van der Waals surface area (Å²) < 4.78 is 1.31. The van der Waals surface area contributed by atoms with Crippen molar-refractivity contribution >= 4 is 17.3 Å². The average Bonchev–Trinajstić information content (AvgIpc) is 2.52. The first-order valence-electron chi connectivity index (χ1n) is 3.86. The predicted octanol–water partition coefficient (Wildman–Crippen LogP) is 0.796. The molecule has 0 amide bonds. The van der Waals surface area contributed by atoms with Crippen LogP contribution in [-0.2, 0) is 0 Å². The van der Waals surface area contributed by atoms with Crippen molar-refractivity contribution in [3.8, 4) is 5.69 Å². The summed E-state index contributed by atoms with van der Waals surface area (Å²) in [5.41, 5.74) is 6.29. The van der Waals surface area contributed by atoms with Crippen LogP contribution in [0.5, 0.6) is 0 Å². The molecule has 2 aromatic rings. The van der Waals surface area contributed by atoms with Gasteiger partial charge in [0.1, 0.15) is 6.33 Å². The molecule has 5 nitrogen and oxygen atoms in total. The number of nitrogens with two attached hydrogens (primary N) is 1. The van der Waals surface area contributed by atoms with Crippen LogP contribution in [-0.4, -0.2) is 14.8 Å². The van der Waals surface area contributed by atoms with Gasteiger partial charge in [0.05, 0.1) is 10.7 Å². The summed E-state index contributed by atoms with van der Waals surface area (Å²) in [5, 5.41) is 6.28. The van der Waals surface area contributed by atoms with Crippen molar-refractivity contribution in [2.24, 2.45) is 0 Å². The Bertz CT molecular complexity index is 516. The SMILES string of the molecule is Nc1ccc(-n2cn[nH]c2=O)c(Cl)c1. The van der Waals surface area contributed by atoms with Crippen LogP contribution >= 0.6 is 11.6 Å². The Balaban J connectivity index is 2.63. The van der Waals surface area contributed by atoms with Crippen molar-refractivity contribution in [1.29, 1.82) is 0 Å². The number of nitrogens with one attached hydrogen (secondary N) is 1. The van der Waals surface area contributed by atoms with Crippen LogP contribution in [0.3, 0.4) is 0 Å². The zero-order valence-electron chi connectivity index (χ0n) is 7.07. The normalized spacial score (nSPS) is 10.4. The fraction of sp³-hybridized carbons (Fsp3) is 0. The van der Waals surface area contributed by atoms with Crippen molar-refractivity contribution in [2.75, 3.05) is 5.73 Å². The maximum atomic E-state index is 11.2. The van der Waals surface area contributed by atoms with E-state index in [-0.39, 0.29) is 5.69 Å². The van der Waals surface area contributed by atoms with Crippen LogP contribution in [0.15, 0.2) is 29.3 Å². The molecule has 0 aliphatic carbocycles. The molecular weight excluding hydrogens is 204 g/mol. The van der Waals surface area contributed by atoms with Gasteiger partial charge in [-0.1, -0.05) is 11.6 Å². The lowest BCUT2D eigenvalue weighted by Crippen LogP contribution is -2.14. The van der Waals surface area contributed by atoms with Crippen LogP contribution in [0.1, 0.15) is 0 Å². The Morgan fingerprint density at radius 2 is 2.29 bits per heavy atom. The third-order valence-corrected chi connectivity index (χ3v) is 2.09. The van der Waals surface area contributed by atoms with Crippen molar-refractivity contribution in [3.63, 3.8) is 0 Å². The highest BCUT2D eigenvalue weighted by Gasteiger charge is 2.05. The molecule has 1 aromatic carbocycles. The zero-order chi connectivity index (χ0) is 10.1. The largest absolute Gasteiger partial charge is 0.399 e. The van der Waals surface area contributed by atoms with Crippen LogP contribution in [0.4, 0.5) is 5.69 Å². The molecule has 0 saturated heterocycles. The van der Waals surface area contributed by atoms with E-state index in [1.165, 1.54) is 10.9 Å². The van der Waals surface area contributed by atoms with Gasteiger partial charge in [-0.15, -0.1) is 0 Å². The minimum absolute atomic E-state index is 0.336. The van der Waals surface area contributed by atoms with Gasteiger partial charge in [-0.25, -0.2) is 14.5 Å². The summed E-state index contributed by atoms with van der Waals surface area (Å²) in [6, 6.07) is 4.91. The standard InChI is InChI=1S/C8H7ClN4O/c9-6-3-5(10)1-2-7(6)13-4-11-12-8(13)14/h1-4H,10H2,(H,12,14). The molecule has 1 aromatic heterocycles. The van der Waals surface area contributed by atoms with Crippen LogP contribution in [0.2, 0.25) is 5.02 Å². The number of nitrogen functional groups attached to an aromatic ring is 1. The number of hydrogen-bond donors (Lipinski definition) is 2. The van der Waals surface area contributed by atoms with Gasteiger partial charge in [-0.2, -0.15) is 5.10 Å². The Morgan fingerprint density at radius 3 is 2.86 bits per heavy atom. The number of anilines is 1. The van der Waals surface area contributed by atoms with Gasteiger partial charge in [-0.05, 0) is 18.2 Å². The number of hydrogen-bond acceptors (Lipinski definition) is 3. The highest BCUT2D eigenvalue weighted by atomic mass is 35.5. The zero-order valence-corrected chi connectivity index (χ0v) is 7.82. The van der Waals surface area contributed by atoms with E-state index in [0.29, 0.717) is 16.4 Å². The molecule has 0 radical (unpaired) electrons. The average molecular weight is 211 g/mol. The van der Waals surface area contributed by atoms with Gasteiger partial charge < -0.3 is 5.73 Å². The molecule has 14 heavy (non-hydrogen) atoms. The molecule has 0 aliphatic heterocycles.